The molecule has 10 heteroatoms. The highest BCUT2D eigenvalue weighted by molar-refractivity contribution is 7.25. The molecule has 22 rings (SSSR count). The van der Waals surface area contributed by atoms with E-state index in [1.54, 1.807) is 0 Å². The van der Waals surface area contributed by atoms with Crippen LogP contribution in [0.15, 0.2) is 388 Å². The molecule has 16 aromatic carbocycles. The zero-order valence-electron chi connectivity index (χ0n) is 60.3. The van der Waals surface area contributed by atoms with Crippen molar-refractivity contribution in [2.75, 3.05) is 0 Å². The summed E-state index contributed by atoms with van der Waals surface area (Å²) in [4.78, 5) is 32.4. The van der Waals surface area contributed by atoms with Crippen LogP contribution >= 0.6 is 22.7 Å². The number of hydrogen-bond donors (Lipinski definition) is 0. The van der Waals surface area contributed by atoms with E-state index in [9.17, 15) is 0 Å². The summed E-state index contributed by atoms with van der Waals surface area (Å²) in [6.45, 7) is 0. The van der Waals surface area contributed by atoms with Gasteiger partial charge in [0.1, 0.15) is 9.66 Å². The predicted octanol–water partition coefficient (Wildman–Crippen LogP) is 27.3. The van der Waals surface area contributed by atoms with Gasteiger partial charge in [0, 0.05) is 66.4 Å². The van der Waals surface area contributed by atoms with E-state index in [1.165, 1.54) is 113 Å². The summed E-state index contributed by atoms with van der Waals surface area (Å²) in [6.07, 6.45) is 0. The van der Waals surface area contributed by atoms with Gasteiger partial charge in [-0.2, -0.15) is 0 Å². The van der Waals surface area contributed by atoms with Crippen molar-refractivity contribution < 1.29 is 0 Å². The molecular weight excluding hydrogens is 1400 g/mol. The zero-order chi connectivity index (χ0) is 74.0. The molecule has 0 aliphatic rings. The van der Waals surface area contributed by atoms with Gasteiger partial charge < -0.3 is 0 Å². The van der Waals surface area contributed by atoms with Gasteiger partial charge in [-0.3, -0.25) is 8.80 Å². The largest absolute Gasteiger partial charge is 0.299 e. The first kappa shape index (κ1) is 65.8. The van der Waals surface area contributed by atoms with Crippen molar-refractivity contribution in [3.63, 3.8) is 0 Å². The van der Waals surface area contributed by atoms with Crippen LogP contribution < -0.4 is 0 Å². The van der Waals surface area contributed by atoms with Gasteiger partial charge in [0.25, 0.3) is 0 Å². The lowest BCUT2D eigenvalue weighted by molar-refractivity contribution is 1.07. The summed E-state index contributed by atoms with van der Waals surface area (Å²) < 4.78 is 7.52. The fourth-order valence-electron chi connectivity index (χ4n) is 16.2. The molecule has 0 saturated carbocycles. The van der Waals surface area contributed by atoms with Crippen molar-refractivity contribution in [2.24, 2.45) is 0 Å². The Kier molecular flexibility index (Phi) is 16.4. The summed E-state index contributed by atoms with van der Waals surface area (Å²) in [6, 6.07) is 137. The van der Waals surface area contributed by atoms with Crippen LogP contribution in [0.2, 0.25) is 0 Å². The number of fused-ring (bicyclic) bond motifs is 12. The smallest absolute Gasteiger partial charge is 0.164 e. The van der Waals surface area contributed by atoms with E-state index in [4.69, 9.17) is 29.9 Å². The van der Waals surface area contributed by atoms with Crippen molar-refractivity contribution in [1.29, 1.82) is 0 Å². The molecule has 0 atom stereocenters. The maximum atomic E-state index is 5.06. The van der Waals surface area contributed by atoms with Crippen molar-refractivity contribution in [2.45, 2.75) is 0 Å². The third-order valence-electron chi connectivity index (χ3n) is 21.4. The van der Waals surface area contributed by atoms with E-state index in [-0.39, 0.29) is 0 Å². The highest BCUT2D eigenvalue weighted by Gasteiger charge is 2.26. The molecular formula is C102H64N8S2. The Balaban J connectivity index is 0.000000141. The average Bonchev–Trinajstić information content (AvgIpc) is 1.54. The Labute approximate surface area is 653 Å². The topological polar surface area (TPSA) is 86.2 Å². The number of para-hydroxylation sites is 4. The molecule has 0 amide bonds. The lowest BCUT2D eigenvalue weighted by atomic mass is 9.91. The molecule has 6 aromatic heterocycles. The Morgan fingerprint density at radius 2 is 0.438 bits per heavy atom. The van der Waals surface area contributed by atoms with Crippen LogP contribution in [0.3, 0.4) is 0 Å². The number of hydrogen-bond acceptors (Lipinski definition) is 8. The van der Waals surface area contributed by atoms with E-state index in [2.05, 4.69) is 276 Å². The van der Waals surface area contributed by atoms with Crippen molar-refractivity contribution in [1.82, 2.24) is 38.7 Å². The summed E-state index contributed by atoms with van der Waals surface area (Å²) in [7, 11) is 0. The van der Waals surface area contributed by atoms with E-state index in [1.807, 2.05) is 144 Å². The molecule has 0 radical (unpaired) electrons. The Morgan fingerprint density at radius 3 is 0.848 bits per heavy atom. The molecule has 0 aliphatic carbocycles. The first-order valence-electron chi connectivity index (χ1n) is 37.6. The van der Waals surface area contributed by atoms with Crippen molar-refractivity contribution in [3.8, 4) is 135 Å². The Hall–Kier alpha value is -14.4. The third kappa shape index (κ3) is 11.6. The Morgan fingerprint density at radius 1 is 0.170 bits per heavy atom. The number of aromatic nitrogens is 8. The monoisotopic (exact) mass is 1460 g/mol. The molecule has 6 heterocycles. The highest BCUT2D eigenvalue weighted by Crippen LogP contribution is 2.50. The van der Waals surface area contributed by atoms with Crippen LogP contribution in [-0.2, 0) is 0 Å². The molecule has 0 spiro atoms. The minimum absolute atomic E-state index is 0.646. The van der Waals surface area contributed by atoms with Gasteiger partial charge in [0.05, 0.1) is 31.5 Å². The minimum atomic E-state index is 0.646. The fourth-order valence-corrected chi connectivity index (χ4v) is 18.6. The first-order chi connectivity index (χ1) is 55.6. The van der Waals surface area contributed by atoms with Crippen LogP contribution in [0.5, 0.6) is 0 Å². The van der Waals surface area contributed by atoms with Crippen LogP contribution in [0.25, 0.3) is 209 Å². The first-order valence-corrected chi connectivity index (χ1v) is 39.2. The second-order valence-corrected chi connectivity index (χ2v) is 30.0. The predicted molar refractivity (Wildman–Crippen MR) is 468 cm³/mol. The standard InChI is InChI=1S/2C51H32N4S/c1-4-15-33(16-5-1)39-23-14-24-43-46(51-55(47(39)43)44-25-12-13-26-45(44)56-51)35-29-27-34(28-30-35)38-31-32-42(41-22-11-10-21-40(38)41)50-53-48(36-17-6-2-7-18-36)52-49(54-50)37-19-8-3-9-20-37;1-4-15-33(16-5-1)39-23-14-24-43-46(51-55(47(39)43)44-25-12-13-26-45(44)56-51)42-32-31-38(40-21-10-11-22-41(40)42)34-27-29-37(30-28-34)50-53-48(35-17-6-2-7-18-35)52-49(54-50)36-19-8-3-9-20-36/h2*1-32H. The minimum Gasteiger partial charge on any atom is -0.299 e. The van der Waals surface area contributed by atoms with Gasteiger partial charge in [-0.1, -0.05) is 358 Å². The van der Waals surface area contributed by atoms with E-state index in [0.29, 0.717) is 34.9 Å². The SMILES string of the molecule is c1ccc(-c2nc(-c3ccccc3)nc(-c3ccc(-c4ccc(-c5c6cccc(-c7ccccc7)c6n6c5sc5ccccc56)c5ccccc45)cc3)n2)cc1.c1ccc(-c2nc(-c3ccccc3)nc(-c3ccc(-c4ccc(-c5c6cccc(-c7ccccc7)c6n6c5sc5ccccc56)cc4)c4ccccc34)n2)cc1. The molecule has 524 valence electrons. The lowest BCUT2D eigenvalue weighted by Crippen LogP contribution is -2.00. The number of thiazole rings is 2. The molecule has 0 fully saturated rings. The van der Waals surface area contributed by atoms with Gasteiger partial charge in [-0.25, -0.2) is 29.9 Å². The van der Waals surface area contributed by atoms with Crippen LogP contribution in [0.4, 0.5) is 0 Å². The van der Waals surface area contributed by atoms with Crippen LogP contribution in [0, 0.1) is 0 Å². The van der Waals surface area contributed by atoms with Gasteiger partial charge in [0.15, 0.2) is 34.9 Å². The molecule has 8 nitrogen and oxygen atoms in total. The highest BCUT2D eigenvalue weighted by atomic mass is 32.1. The molecule has 112 heavy (non-hydrogen) atoms. The van der Waals surface area contributed by atoms with Crippen LogP contribution in [-0.4, -0.2) is 38.7 Å². The zero-order valence-corrected chi connectivity index (χ0v) is 62.0. The van der Waals surface area contributed by atoms with Gasteiger partial charge in [0.2, 0.25) is 0 Å². The molecule has 0 N–H and O–H groups in total. The van der Waals surface area contributed by atoms with Crippen LogP contribution in [0.1, 0.15) is 0 Å². The summed E-state index contributed by atoms with van der Waals surface area (Å²) >= 11 is 3.73. The van der Waals surface area contributed by atoms with Gasteiger partial charge >= 0.3 is 0 Å². The van der Waals surface area contributed by atoms with Gasteiger partial charge in [-0.05, 0) is 96.4 Å². The van der Waals surface area contributed by atoms with Crippen molar-refractivity contribution in [3.05, 3.63) is 388 Å². The molecule has 0 saturated heterocycles. The maximum Gasteiger partial charge on any atom is 0.164 e. The number of nitrogens with zero attached hydrogens (tertiary/aromatic N) is 8. The second kappa shape index (κ2) is 28.0. The molecule has 0 unspecified atom stereocenters. The Bertz CT molecular complexity index is 7210. The summed E-state index contributed by atoms with van der Waals surface area (Å²) in [5.74, 6) is 3.91. The third-order valence-corrected chi connectivity index (χ3v) is 23.7. The second-order valence-electron chi connectivity index (χ2n) is 28.0. The maximum absolute atomic E-state index is 5.06. The van der Waals surface area contributed by atoms with E-state index >= 15 is 0 Å². The lowest BCUT2D eigenvalue weighted by Gasteiger charge is -2.13. The fraction of sp³-hybridized carbons (Fsp3) is 0. The summed E-state index contributed by atoms with van der Waals surface area (Å²) in [5, 5.41) is 7.19. The van der Waals surface area contributed by atoms with E-state index in [0.717, 1.165) is 60.8 Å². The normalized spacial score (nSPS) is 11.6. The molecule has 0 aliphatic heterocycles. The average molecular weight is 1470 g/mol. The van der Waals surface area contributed by atoms with E-state index < -0.39 is 0 Å². The molecule has 0 bridgehead atoms. The van der Waals surface area contributed by atoms with Gasteiger partial charge in [-0.15, -0.1) is 22.7 Å². The number of rotatable bonds is 12. The number of benzene rings is 16. The van der Waals surface area contributed by atoms with Crippen molar-refractivity contribution >= 4 is 96.1 Å². The quantitative estimate of drug-likeness (QED) is 0.121. The molecule has 22 aromatic rings. The summed E-state index contributed by atoms with van der Waals surface area (Å²) in [5.41, 5.74) is 25.2.